The van der Waals surface area contributed by atoms with Gasteiger partial charge in [0.1, 0.15) is 102 Å². The van der Waals surface area contributed by atoms with Gasteiger partial charge in [-0.3, -0.25) is 108 Å². The summed E-state index contributed by atoms with van der Waals surface area (Å²) in [5.74, 6) is -21.3. The van der Waals surface area contributed by atoms with Gasteiger partial charge in [-0.25, -0.2) is 14.8 Å². The minimum atomic E-state index is -1.71. The van der Waals surface area contributed by atoms with Crippen LogP contribution in [0, 0.1) is 51.2 Å². The Labute approximate surface area is 869 Å². The van der Waals surface area contributed by atoms with Crippen molar-refractivity contribution in [1.29, 1.82) is 21.6 Å². The van der Waals surface area contributed by atoms with E-state index in [9.17, 15) is 106 Å². The summed E-state index contributed by atoms with van der Waals surface area (Å²) >= 11 is 0. The highest BCUT2D eigenvalue weighted by atomic mass is 16.4. The molecular formula is C93H157N35O22. The van der Waals surface area contributed by atoms with Gasteiger partial charge in [0.05, 0.1) is 50.3 Å². The molecule has 2 aromatic heterocycles. The van der Waals surface area contributed by atoms with Crippen LogP contribution in [0.2, 0.25) is 0 Å². The standard InChI is InChI=1S/C93H157N35O22/c1-46(2)30-62(82(142)125-67(35-54-22-24-57(130)25-23-54)86(146)120-61(21-17-29-108-93(101)102)80(140)122-65(33-49(7)8)85(145)126-68(36-55-39-103-44-111-55)87(147)127-69(89(149)150)37-56-40-104-45-112-56)117-73(133)42-110-77(137)58(18-14-26-105-90(95)96)118-75(135)52(12)113-74(134)51(11)114-78(138)60(20-16-28-107-92(99)100)119-83(143)64(32-48(5)6)121-76(136)53(13)115-81(141)63(31-47(3)4)123-84(144)66(34-50(9)10)124-88(148)70(43-129)128-79(139)59(19-15-27-106-91(97)98)116-72(132)41-109-71(131)38-94/h22-25,39-40,44-53,58-70,129-130H,14-21,26-38,41-43,94H2,1-13H3,(H,103,111)(H,104,112)(H,109,131)(H,110,137)(H,113,134)(H,114,138)(H,115,141)(H,116,132)(H,117,133)(H,118,135)(H,119,143)(H,120,146)(H,121,136)(H,122,140)(H,123,144)(H,124,148)(H,125,142)(H,126,145)(H,127,147)(H,128,139)(H,149,150)(H4,95,96,105)(H4,97,98,106)(H4,99,100,107)(H4,101,102,108)/t51-,52-,53-,58-,59-,60-,61-,62-,63-,64-,65-,66-,67-,68-,69-,70-/m0/s1. The van der Waals surface area contributed by atoms with Gasteiger partial charge in [0.2, 0.25) is 106 Å². The SMILES string of the molecule is CC(C)C[C@H](NC(=O)CNC(=O)[C@H](CCCNC(=N)N)NC(=O)[C@H](C)NC(=O)[C@H](C)NC(=O)[C@H](CCCNC(=N)N)NC(=O)[C@H](CC(C)C)NC(=O)[C@H](C)NC(=O)[C@H](CC(C)C)NC(=O)[C@H](CC(C)C)NC(=O)[C@H](CO)NC(=O)[C@H](CCCNC(=N)N)NC(=O)CNC(=O)CN)C(=O)N[C@@H](Cc1ccc(O)cc1)C(=O)N[C@@H](CCCNC(=N)N)C(=O)N[C@@H](CC(C)C)C(=O)N[C@@H](Cc1c[nH]cn1)C(=O)N[C@@H](Cc1c[nH]cn1)C(=O)O. The second-order valence-corrected chi connectivity index (χ2v) is 38.3. The zero-order valence-corrected chi connectivity index (χ0v) is 87.1. The number of carbonyl (C=O) groups is 19. The molecule has 16 atom stereocenters. The van der Waals surface area contributed by atoms with Gasteiger partial charge in [0.15, 0.2) is 23.8 Å². The molecule has 0 fully saturated rings. The molecule has 57 heteroatoms. The van der Waals surface area contributed by atoms with Crippen LogP contribution >= 0.6 is 0 Å². The number of nitrogens with one attached hydrogen (secondary N) is 28. The quantitative estimate of drug-likeness (QED) is 0.0142. The summed E-state index contributed by atoms with van der Waals surface area (Å²) < 4.78 is 0. The van der Waals surface area contributed by atoms with Gasteiger partial charge in [-0.05, 0) is 152 Å². The molecule has 0 aliphatic heterocycles. The van der Waals surface area contributed by atoms with Crippen LogP contribution < -0.4 is 146 Å². The largest absolute Gasteiger partial charge is 0.508 e. The first-order valence-electron chi connectivity index (χ1n) is 49.6. The van der Waals surface area contributed by atoms with E-state index in [2.05, 4.69) is 137 Å². The molecule has 41 N–H and O–H groups in total. The first-order chi connectivity index (χ1) is 70.6. The first-order valence-corrected chi connectivity index (χ1v) is 49.6. The van der Waals surface area contributed by atoms with E-state index in [-0.39, 0.29) is 170 Å². The number of carboxylic acid groups (broad SMARTS) is 1. The van der Waals surface area contributed by atoms with Gasteiger partial charge in [0.25, 0.3) is 0 Å². The number of phenols is 1. The molecule has 0 saturated carbocycles. The minimum Gasteiger partial charge on any atom is -0.508 e. The summed E-state index contributed by atoms with van der Waals surface area (Å²) in [5, 5.41) is 117. The Balaban J connectivity index is 1.86. The van der Waals surface area contributed by atoms with Crippen LogP contribution in [-0.4, -0.2) is 320 Å². The number of amides is 18. The van der Waals surface area contributed by atoms with E-state index < -0.39 is 253 Å². The van der Waals surface area contributed by atoms with Crippen molar-refractivity contribution in [3.63, 3.8) is 0 Å². The third-order valence-electron chi connectivity index (χ3n) is 22.5. The van der Waals surface area contributed by atoms with Crippen molar-refractivity contribution in [3.8, 4) is 5.75 Å². The zero-order chi connectivity index (χ0) is 113. The van der Waals surface area contributed by atoms with Crippen LogP contribution in [0.25, 0.3) is 0 Å². The predicted molar refractivity (Wildman–Crippen MR) is 548 cm³/mol. The number of rotatable bonds is 70. The monoisotopic (exact) mass is 2120 g/mol. The van der Waals surface area contributed by atoms with Crippen LogP contribution in [0.15, 0.2) is 49.3 Å². The van der Waals surface area contributed by atoms with Crippen LogP contribution in [-0.2, 0) is 110 Å². The second kappa shape index (κ2) is 67.3. The lowest BCUT2D eigenvalue weighted by Crippen LogP contribution is -2.60. The predicted octanol–water partition coefficient (Wildman–Crippen LogP) is -8.77. The molecular weight excluding hydrogens is 1960 g/mol. The number of aromatic nitrogens is 4. The van der Waals surface area contributed by atoms with Crippen molar-refractivity contribution in [2.45, 2.75) is 289 Å². The van der Waals surface area contributed by atoms with Gasteiger partial charge in [-0.1, -0.05) is 81.4 Å². The third kappa shape index (κ3) is 51.6. The number of nitrogens with two attached hydrogens (primary N) is 5. The van der Waals surface area contributed by atoms with Crippen LogP contribution in [0.1, 0.15) is 190 Å². The van der Waals surface area contributed by atoms with E-state index in [1.54, 1.807) is 69.2 Å². The minimum absolute atomic E-state index is 0.00174. The number of nitrogens with zero attached hydrogens (tertiary/aromatic N) is 2. The Bertz CT molecular complexity index is 4970. The fraction of sp³-hybridized carbons (Fsp3) is 0.624. The molecule has 0 aliphatic carbocycles. The molecule has 3 rings (SSSR count). The summed E-state index contributed by atoms with van der Waals surface area (Å²) in [6.07, 6.45) is 4.18. The summed E-state index contributed by atoms with van der Waals surface area (Å²) in [6.45, 7) is 18.3. The topological polar surface area (TPSA) is 933 Å². The zero-order valence-electron chi connectivity index (χ0n) is 87.1. The molecule has 0 radical (unpaired) electrons. The Kier molecular flexibility index (Phi) is 57.6. The maximum atomic E-state index is 14.9. The molecule has 836 valence electrons. The van der Waals surface area contributed by atoms with Gasteiger partial charge >= 0.3 is 5.97 Å². The number of hydrogen-bond donors (Lipinski definition) is 36. The Morgan fingerprint density at radius 3 is 0.900 bits per heavy atom. The van der Waals surface area contributed by atoms with Crippen molar-refractivity contribution in [1.82, 2.24) is 137 Å². The fourth-order valence-electron chi connectivity index (χ4n) is 14.9. The number of aliphatic hydroxyl groups is 1. The van der Waals surface area contributed by atoms with Crippen molar-refractivity contribution in [2.75, 3.05) is 52.4 Å². The number of H-pyrrole nitrogens is 2. The van der Waals surface area contributed by atoms with Gasteiger partial charge < -0.3 is 171 Å². The smallest absolute Gasteiger partial charge is 0.326 e. The first kappa shape index (κ1) is 129. The number of benzene rings is 1. The highest BCUT2D eigenvalue weighted by Gasteiger charge is 2.40. The second-order valence-electron chi connectivity index (χ2n) is 38.3. The highest BCUT2D eigenvalue weighted by Crippen LogP contribution is 2.18. The molecule has 150 heavy (non-hydrogen) atoms. The van der Waals surface area contributed by atoms with E-state index in [0.29, 0.717) is 17.0 Å². The molecule has 0 spiro atoms. The Morgan fingerprint density at radius 2 is 0.560 bits per heavy atom. The molecule has 57 nitrogen and oxygen atoms in total. The lowest BCUT2D eigenvalue weighted by Gasteiger charge is -2.28. The van der Waals surface area contributed by atoms with Gasteiger partial charge in [-0.2, -0.15) is 0 Å². The normalized spacial score (nSPS) is 14.3. The van der Waals surface area contributed by atoms with Crippen LogP contribution in [0.4, 0.5) is 0 Å². The summed E-state index contributed by atoms with van der Waals surface area (Å²) in [6, 6.07) is -18.0. The lowest BCUT2D eigenvalue weighted by atomic mass is 9.99. The van der Waals surface area contributed by atoms with Crippen molar-refractivity contribution in [3.05, 3.63) is 66.3 Å². The number of guanidine groups is 4. The number of aliphatic carboxylic acids is 1. The van der Waals surface area contributed by atoms with E-state index in [1.165, 1.54) is 70.1 Å². The number of aromatic amines is 2. The Hall–Kier alpha value is -15.6. The van der Waals surface area contributed by atoms with Crippen LogP contribution in [0.5, 0.6) is 5.75 Å². The molecule has 0 bridgehead atoms. The number of imidazole rings is 2. The molecule has 0 unspecified atom stereocenters. The van der Waals surface area contributed by atoms with E-state index in [4.69, 9.17) is 50.3 Å². The van der Waals surface area contributed by atoms with E-state index in [0.717, 1.165) is 0 Å². The maximum absolute atomic E-state index is 14.9. The van der Waals surface area contributed by atoms with E-state index in [1.807, 2.05) is 0 Å². The average Bonchev–Trinajstić information content (AvgIpc) is 1.66. The van der Waals surface area contributed by atoms with Crippen molar-refractivity contribution < 1.29 is 106 Å². The van der Waals surface area contributed by atoms with Gasteiger partial charge in [0, 0.05) is 57.8 Å². The lowest BCUT2D eigenvalue weighted by molar-refractivity contribution is -0.142. The summed E-state index contributed by atoms with van der Waals surface area (Å²) in [5.41, 5.74) is 28.3. The molecule has 1 aromatic carbocycles. The van der Waals surface area contributed by atoms with Crippen LogP contribution in [0.3, 0.4) is 0 Å². The molecule has 2 heterocycles. The number of aromatic hydroxyl groups is 1. The highest BCUT2D eigenvalue weighted by molar-refractivity contribution is 6.02. The fourth-order valence-corrected chi connectivity index (χ4v) is 14.9. The molecule has 18 amide bonds. The molecule has 0 saturated heterocycles. The Morgan fingerprint density at radius 1 is 0.307 bits per heavy atom. The number of carbonyl (C=O) groups excluding carboxylic acids is 18. The third-order valence-corrected chi connectivity index (χ3v) is 22.5. The number of carboxylic acids is 1. The van der Waals surface area contributed by atoms with E-state index >= 15 is 0 Å². The number of hydrogen-bond acceptors (Lipinski definition) is 28. The number of phenolic OH excluding ortho intramolecular Hbond substituents is 1. The molecule has 0 aliphatic rings. The average molecular weight is 2120 g/mol. The maximum Gasteiger partial charge on any atom is 0.326 e. The summed E-state index contributed by atoms with van der Waals surface area (Å²) in [4.78, 5) is 279. The van der Waals surface area contributed by atoms with Gasteiger partial charge in [-0.15, -0.1) is 0 Å². The van der Waals surface area contributed by atoms with Crippen molar-refractivity contribution >= 4 is 136 Å². The number of aliphatic hydroxyl groups excluding tert-OH is 1. The summed E-state index contributed by atoms with van der Waals surface area (Å²) in [7, 11) is 0. The van der Waals surface area contributed by atoms with Crippen molar-refractivity contribution in [2.24, 2.45) is 58.3 Å². The molecule has 3 aromatic rings.